The van der Waals surface area contributed by atoms with Crippen LogP contribution >= 0.6 is 11.8 Å². The first-order valence-corrected chi connectivity index (χ1v) is 9.41. The Morgan fingerprint density at radius 3 is 2.54 bits per heavy atom. The Bertz CT molecular complexity index is 1130. The van der Waals surface area contributed by atoms with E-state index in [1.54, 1.807) is 30.3 Å². The predicted molar refractivity (Wildman–Crippen MR) is 113 cm³/mol. The molecule has 0 bridgehead atoms. The maximum absolute atomic E-state index is 12.3. The molecule has 1 saturated heterocycles. The molecule has 138 valence electrons. The second-order valence-electron chi connectivity index (χ2n) is 6.13. The molecule has 3 aromatic carbocycles. The minimum absolute atomic E-state index is 0.193. The molecule has 4 rings (SSSR count). The molecule has 1 aliphatic rings. The van der Waals surface area contributed by atoms with E-state index in [-0.39, 0.29) is 5.91 Å². The molecule has 0 unspecified atom stereocenters. The minimum Gasteiger partial charge on any atom is -0.465 e. The molecular weight excluding hydrogens is 372 g/mol. The molecular formula is C22H16N2O3S. The lowest BCUT2D eigenvalue weighted by molar-refractivity contribution is -0.115. The van der Waals surface area contributed by atoms with Crippen LogP contribution in [0.2, 0.25) is 0 Å². The fourth-order valence-corrected chi connectivity index (χ4v) is 3.67. The molecule has 0 saturated carbocycles. The first kappa shape index (κ1) is 18.0. The number of hydrogen-bond donors (Lipinski definition) is 1. The number of benzene rings is 3. The van der Waals surface area contributed by atoms with Crippen LogP contribution in [0.5, 0.6) is 0 Å². The van der Waals surface area contributed by atoms with Crippen molar-refractivity contribution in [2.45, 2.75) is 0 Å². The number of nitrogens with zero attached hydrogens (tertiary/aromatic N) is 1. The van der Waals surface area contributed by atoms with Crippen molar-refractivity contribution in [2.24, 2.45) is 4.99 Å². The number of nitrogens with one attached hydrogen (secondary N) is 1. The van der Waals surface area contributed by atoms with E-state index in [1.165, 1.54) is 18.9 Å². The van der Waals surface area contributed by atoms with E-state index in [9.17, 15) is 9.59 Å². The third-order valence-corrected chi connectivity index (χ3v) is 5.15. The average Bonchev–Trinajstić information content (AvgIpc) is 3.06. The predicted octanol–water partition coefficient (Wildman–Crippen LogP) is 4.52. The van der Waals surface area contributed by atoms with Gasteiger partial charge in [0.25, 0.3) is 5.91 Å². The van der Waals surface area contributed by atoms with Crippen molar-refractivity contribution in [1.29, 1.82) is 0 Å². The Morgan fingerprint density at radius 2 is 1.79 bits per heavy atom. The van der Waals surface area contributed by atoms with Crippen LogP contribution in [0.15, 0.2) is 76.6 Å². The van der Waals surface area contributed by atoms with Crippen LogP contribution in [0, 0.1) is 0 Å². The molecule has 0 aliphatic carbocycles. The Hall–Kier alpha value is -3.38. The second-order valence-corrected chi connectivity index (χ2v) is 7.16. The molecule has 1 N–H and O–H groups in total. The summed E-state index contributed by atoms with van der Waals surface area (Å²) in [6, 6.07) is 20.9. The number of methoxy groups -OCH3 is 1. The number of carbonyl (C=O) groups is 2. The largest absolute Gasteiger partial charge is 0.465 e. The zero-order valence-electron chi connectivity index (χ0n) is 15.0. The second kappa shape index (κ2) is 7.70. The van der Waals surface area contributed by atoms with Crippen molar-refractivity contribution in [3.63, 3.8) is 0 Å². The van der Waals surface area contributed by atoms with E-state index in [0.29, 0.717) is 15.6 Å². The van der Waals surface area contributed by atoms with Gasteiger partial charge in [-0.25, -0.2) is 9.79 Å². The number of fused-ring (bicyclic) bond motifs is 1. The topological polar surface area (TPSA) is 67.8 Å². The minimum atomic E-state index is -0.392. The smallest absolute Gasteiger partial charge is 0.337 e. The lowest BCUT2D eigenvalue weighted by Crippen LogP contribution is -2.19. The van der Waals surface area contributed by atoms with Crippen molar-refractivity contribution in [1.82, 2.24) is 5.32 Å². The van der Waals surface area contributed by atoms with Crippen LogP contribution in [0.1, 0.15) is 15.9 Å². The third-order valence-electron chi connectivity index (χ3n) is 4.24. The number of amides is 1. The highest BCUT2D eigenvalue weighted by Gasteiger charge is 2.23. The fourth-order valence-electron chi connectivity index (χ4n) is 2.83. The monoisotopic (exact) mass is 388 g/mol. The number of aliphatic imine (C=N–C) groups is 1. The Balaban J connectivity index is 1.55. The zero-order valence-corrected chi connectivity index (χ0v) is 15.8. The lowest BCUT2D eigenvalue weighted by Gasteiger charge is -2.00. The van der Waals surface area contributed by atoms with Crippen LogP contribution in [0.4, 0.5) is 5.69 Å². The van der Waals surface area contributed by atoms with Crippen LogP contribution in [0.3, 0.4) is 0 Å². The van der Waals surface area contributed by atoms with E-state index in [2.05, 4.69) is 15.0 Å². The summed E-state index contributed by atoms with van der Waals surface area (Å²) in [6.45, 7) is 0. The van der Waals surface area contributed by atoms with E-state index >= 15 is 0 Å². The normalized spacial score (nSPS) is 16.5. The summed E-state index contributed by atoms with van der Waals surface area (Å²) in [6.07, 6.45) is 1.77. The van der Waals surface area contributed by atoms with Gasteiger partial charge in [0.15, 0.2) is 5.17 Å². The molecule has 0 aromatic heterocycles. The molecule has 0 spiro atoms. The molecule has 0 radical (unpaired) electrons. The van der Waals surface area contributed by atoms with Gasteiger partial charge in [0, 0.05) is 0 Å². The zero-order chi connectivity index (χ0) is 19.5. The summed E-state index contributed by atoms with van der Waals surface area (Å²) in [5.74, 6) is -0.585. The number of esters is 1. The van der Waals surface area contributed by atoms with E-state index in [1.807, 2.05) is 42.5 Å². The van der Waals surface area contributed by atoms with Gasteiger partial charge in [-0.1, -0.05) is 42.5 Å². The molecule has 0 atom stereocenters. The van der Waals surface area contributed by atoms with Gasteiger partial charge in [0.2, 0.25) is 0 Å². The average molecular weight is 388 g/mol. The summed E-state index contributed by atoms with van der Waals surface area (Å²) in [5.41, 5.74) is 2.06. The number of ether oxygens (including phenoxy) is 1. The van der Waals surface area contributed by atoms with Crippen LogP contribution in [-0.4, -0.2) is 24.2 Å². The van der Waals surface area contributed by atoms with Crippen molar-refractivity contribution < 1.29 is 14.3 Å². The first-order chi connectivity index (χ1) is 13.6. The fraction of sp³-hybridized carbons (Fsp3) is 0.0455. The molecule has 5 nitrogen and oxygen atoms in total. The maximum atomic E-state index is 12.3. The van der Waals surface area contributed by atoms with E-state index in [0.717, 1.165) is 22.0 Å². The van der Waals surface area contributed by atoms with Gasteiger partial charge in [-0.05, 0) is 58.4 Å². The molecule has 1 fully saturated rings. The summed E-state index contributed by atoms with van der Waals surface area (Å²) in [4.78, 5) is 28.8. The summed E-state index contributed by atoms with van der Waals surface area (Å²) in [7, 11) is 1.34. The molecule has 1 amide bonds. The van der Waals surface area contributed by atoms with Crippen LogP contribution in [-0.2, 0) is 9.53 Å². The SMILES string of the molecule is COC(=O)c1ccc(/C=C2\SC(=Nc3ccc4ccccc4c3)NC2=O)cc1. The Morgan fingerprint density at radius 1 is 1.04 bits per heavy atom. The summed E-state index contributed by atoms with van der Waals surface area (Å²) in [5, 5.41) is 5.57. The highest BCUT2D eigenvalue weighted by atomic mass is 32.2. The van der Waals surface area contributed by atoms with Gasteiger partial charge in [0.05, 0.1) is 23.3 Å². The first-order valence-electron chi connectivity index (χ1n) is 8.59. The molecule has 1 aliphatic heterocycles. The van der Waals surface area contributed by atoms with Gasteiger partial charge >= 0.3 is 5.97 Å². The molecule has 3 aromatic rings. The summed E-state index contributed by atoms with van der Waals surface area (Å²) < 4.78 is 4.69. The van der Waals surface area contributed by atoms with Crippen LogP contribution in [0.25, 0.3) is 16.8 Å². The number of carbonyl (C=O) groups excluding carboxylic acids is 2. The number of hydrogen-bond acceptors (Lipinski definition) is 5. The van der Waals surface area contributed by atoms with Gasteiger partial charge in [-0.2, -0.15) is 0 Å². The lowest BCUT2D eigenvalue weighted by atomic mass is 10.1. The highest BCUT2D eigenvalue weighted by Crippen LogP contribution is 2.29. The molecule has 6 heteroatoms. The van der Waals surface area contributed by atoms with Crippen molar-refractivity contribution in [3.05, 3.63) is 82.8 Å². The van der Waals surface area contributed by atoms with Crippen molar-refractivity contribution in [2.75, 3.05) is 7.11 Å². The van der Waals surface area contributed by atoms with Crippen molar-refractivity contribution in [3.8, 4) is 0 Å². The van der Waals surface area contributed by atoms with Crippen LogP contribution < -0.4 is 5.32 Å². The van der Waals surface area contributed by atoms with Crippen molar-refractivity contribution >= 4 is 51.3 Å². The maximum Gasteiger partial charge on any atom is 0.337 e. The van der Waals surface area contributed by atoms with E-state index in [4.69, 9.17) is 0 Å². The number of rotatable bonds is 3. The van der Waals surface area contributed by atoms with Gasteiger partial charge in [0.1, 0.15) is 0 Å². The summed E-state index contributed by atoms with van der Waals surface area (Å²) >= 11 is 1.29. The van der Waals surface area contributed by atoms with Gasteiger partial charge in [-0.3, -0.25) is 4.79 Å². The molecule has 28 heavy (non-hydrogen) atoms. The molecule has 1 heterocycles. The van der Waals surface area contributed by atoms with Gasteiger partial charge in [-0.15, -0.1) is 0 Å². The van der Waals surface area contributed by atoms with E-state index < -0.39 is 5.97 Å². The highest BCUT2D eigenvalue weighted by molar-refractivity contribution is 8.18. The van der Waals surface area contributed by atoms with Gasteiger partial charge < -0.3 is 10.1 Å². The number of amidine groups is 1. The number of thioether (sulfide) groups is 1. The quantitative estimate of drug-likeness (QED) is 0.529. The Labute approximate surface area is 166 Å². The third kappa shape index (κ3) is 3.82. The Kier molecular flexibility index (Phi) is 4.95. The standard InChI is InChI=1S/C22H16N2O3S/c1-27-21(26)16-8-6-14(7-9-16)12-19-20(25)24-22(28-19)23-18-11-10-15-4-2-3-5-17(15)13-18/h2-13H,1H3,(H,23,24,25)/b19-12-.